The quantitative estimate of drug-likeness (QED) is 0.662. The number of guanidine groups is 1. The number of hydrogen-bond donors (Lipinski definition) is 2. The first-order chi connectivity index (χ1) is 10.4. The molecule has 4 nitrogen and oxygen atoms in total. The maximum Gasteiger partial charge on any atom is 0.193 e. The van der Waals surface area contributed by atoms with Crippen molar-refractivity contribution in [2.24, 2.45) is 10.7 Å². The Balaban J connectivity index is 1.96. The molecule has 122 valence electrons. The summed E-state index contributed by atoms with van der Waals surface area (Å²) in [6.07, 6.45) is 4.73. The molecule has 3 N–H and O–H groups in total. The van der Waals surface area contributed by atoms with Crippen molar-refractivity contribution in [3.05, 3.63) is 29.3 Å². The summed E-state index contributed by atoms with van der Waals surface area (Å²) < 4.78 is 11.8. The second-order valence-electron chi connectivity index (χ2n) is 6.70. The van der Waals surface area contributed by atoms with E-state index in [9.17, 15) is 4.21 Å². The number of rotatable bonds is 4. The van der Waals surface area contributed by atoms with Crippen LogP contribution in [0.25, 0.3) is 0 Å². The number of nitrogens with zero attached hydrogens (tertiary/aromatic N) is 1. The highest BCUT2D eigenvalue weighted by Crippen LogP contribution is 2.27. The van der Waals surface area contributed by atoms with E-state index in [0.29, 0.717) is 18.3 Å². The van der Waals surface area contributed by atoms with Gasteiger partial charge in [0, 0.05) is 27.0 Å². The highest BCUT2D eigenvalue weighted by molar-refractivity contribution is 7.86. The van der Waals surface area contributed by atoms with Gasteiger partial charge in [0.2, 0.25) is 0 Å². The van der Waals surface area contributed by atoms with E-state index in [0.717, 1.165) is 18.5 Å². The van der Waals surface area contributed by atoms with E-state index in [-0.39, 0.29) is 4.75 Å². The summed E-state index contributed by atoms with van der Waals surface area (Å²) >= 11 is 0. The Hall–Kier alpha value is -1.36. The standard InChI is InChI=1S/C17H27N3OS/c1-17(2,3)22(21)12-11-19-16(18)20-15-10-6-8-13-7-4-5-9-14(13)15/h6,8,10H,4-5,7,9,11-12H2,1-3H3,(H3,18,19,20). The normalized spacial score (nSPS) is 17.0. The fourth-order valence-corrected chi connectivity index (χ4v) is 3.50. The summed E-state index contributed by atoms with van der Waals surface area (Å²) in [6.45, 7) is 6.41. The Labute approximate surface area is 136 Å². The minimum Gasteiger partial charge on any atom is -0.370 e. The van der Waals surface area contributed by atoms with Crippen molar-refractivity contribution in [3.8, 4) is 0 Å². The zero-order chi connectivity index (χ0) is 16.2. The van der Waals surface area contributed by atoms with Crippen LogP contribution in [0, 0.1) is 0 Å². The fraction of sp³-hybridized carbons (Fsp3) is 0.588. The number of nitrogens with one attached hydrogen (secondary N) is 1. The van der Waals surface area contributed by atoms with Gasteiger partial charge in [-0.1, -0.05) is 12.1 Å². The maximum absolute atomic E-state index is 12.0. The fourth-order valence-electron chi connectivity index (χ4n) is 2.63. The molecule has 1 aliphatic rings. The van der Waals surface area contributed by atoms with Crippen LogP contribution in [0.15, 0.2) is 23.2 Å². The van der Waals surface area contributed by atoms with Gasteiger partial charge in [0.15, 0.2) is 5.96 Å². The lowest BCUT2D eigenvalue weighted by molar-refractivity contribution is 0.648. The Kier molecular flexibility index (Phi) is 5.62. The molecule has 1 aromatic carbocycles. The van der Waals surface area contributed by atoms with Crippen LogP contribution in [-0.4, -0.2) is 27.2 Å². The van der Waals surface area contributed by atoms with Crippen LogP contribution in [0.2, 0.25) is 0 Å². The molecule has 0 radical (unpaired) electrons. The first-order valence-corrected chi connectivity index (χ1v) is 9.26. The first kappa shape index (κ1) is 17.0. The van der Waals surface area contributed by atoms with Gasteiger partial charge >= 0.3 is 0 Å². The summed E-state index contributed by atoms with van der Waals surface area (Å²) in [5, 5.41) is 3.21. The molecule has 2 rings (SSSR count). The van der Waals surface area contributed by atoms with Crippen molar-refractivity contribution in [2.45, 2.75) is 51.2 Å². The third-order valence-corrected chi connectivity index (χ3v) is 5.82. The van der Waals surface area contributed by atoms with Gasteiger partial charge < -0.3 is 11.1 Å². The Morgan fingerprint density at radius 2 is 2.05 bits per heavy atom. The molecule has 0 aliphatic heterocycles. The third-order valence-electron chi connectivity index (χ3n) is 3.90. The van der Waals surface area contributed by atoms with Gasteiger partial charge in [0.05, 0.1) is 6.54 Å². The smallest absolute Gasteiger partial charge is 0.193 e. The van der Waals surface area contributed by atoms with Crippen LogP contribution in [-0.2, 0) is 23.6 Å². The van der Waals surface area contributed by atoms with Crippen LogP contribution in [0.3, 0.4) is 0 Å². The number of aryl methyl sites for hydroxylation is 1. The molecule has 1 atom stereocenters. The van der Waals surface area contributed by atoms with Gasteiger partial charge in [-0.2, -0.15) is 0 Å². The number of fused-ring (bicyclic) bond motifs is 1. The zero-order valence-electron chi connectivity index (χ0n) is 13.8. The molecule has 1 aromatic rings. The van der Waals surface area contributed by atoms with Gasteiger partial charge in [-0.15, -0.1) is 0 Å². The molecule has 5 heteroatoms. The first-order valence-electron chi connectivity index (χ1n) is 7.94. The topological polar surface area (TPSA) is 67.5 Å². The number of hydrogen-bond acceptors (Lipinski definition) is 2. The molecule has 1 aliphatic carbocycles. The van der Waals surface area contributed by atoms with Crippen molar-refractivity contribution in [1.82, 2.24) is 0 Å². The molecule has 0 spiro atoms. The lowest BCUT2D eigenvalue weighted by Crippen LogP contribution is -2.27. The molecule has 1 unspecified atom stereocenters. The lowest BCUT2D eigenvalue weighted by atomic mass is 9.90. The summed E-state index contributed by atoms with van der Waals surface area (Å²) in [5.74, 6) is 0.948. The average molecular weight is 321 g/mol. The average Bonchev–Trinajstić information content (AvgIpc) is 2.46. The van der Waals surface area contributed by atoms with Crippen LogP contribution in [0.1, 0.15) is 44.7 Å². The zero-order valence-corrected chi connectivity index (χ0v) is 14.6. The molecule has 0 saturated carbocycles. The number of nitrogens with two attached hydrogens (primary N) is 1. The predicted molar refractivity (Wildman–Crippen MR) is 96.0 cm³/mol. The van der Waals surface area contributed by atoms with E-state index in [1.807, 2.05) is 20.8 Å². The SMILES string of the molecule is CC(C)(C)S(=O)CCN=C(N)Nc1cccc2c1CCCC2. The highest BCUT2D eigenvalue weighted by Gasteiger charge is 2.18. The molecule has 0 amide bonds. The van der Waals surface area contributed by atoms with Crippen LogP contribution < -0.4 is 11.1 Å². The van der Waals surface area contributed by atoms with Crippen molar-refractivity contribution in [1.29, 1.82) is 0 Å². The monoisotopic (exact) mass is 321 g/mol. The van der Waals surface area contributed by atoms with Crippen LogP contribution in [0.5, 0.6) is 0 Å². The molecule has 0 aromatic heterocycles. The Morgan fingerprint density at radius 3 is 2.77 bits per heavy atom. The van der Waals surface area contributed by atoms with E-state index >= 15 is 0 Å². The largest absolute Gasteiger partial charge is 0.370 e. The molecular formula is C17H27N3OS. The summed E-state index contributed by atoms with van der Waals surface area (Å²) in [7, 11) is -0.893. The van der Waals surface area contributed by atoms with Crippen molar-refractivity contribution >= 4 is 22.4 Å². The molecule has 0 bridgehead atoms. The van der Waals surface area contributed by atoms with Gasteiger partial charge in [-0.05, 0) is 63.6 Å². The van der Waals surface area contributed by atoms with Gasteiger partial charge in [-0.3, -0.25) is 9.20 Å². The predicted octanol–water partition coefficient (Wildman–Crippen LogP) is 2.84. The summed E-state index contributed by atoms with van der Waals surface area (Å²) in [6, 6.07) is 6.31. The molecular weight excluding hydrogens is 294 g/mol. The van der Waals surface area contributed by atoms with Gasteiger partial charge in [-0.25, -0.2) is 0 Å². The number of aliphatic imine (C=N–C) groups is 1. The van der Waals surface area contributed by atoms with Crippen molar-refractivity contribution < 1.29 is 4.21 Å². The number of benzene rings is 1. The number of anilines is 1. The van der Waals surface area contributed by atoms with Gasteiger partial charge in [0.1, 0.15) is 0 Å². The minimum atomic E-state index is -0.893. The molecule has 0 heterocycles. The van der Waals surface area contributed by atoms with Crippen LogP contribution in [0.4, 0.5) is 5.69 Å². The van der Waals surface area contributed by atoms with E-state index < -0.39 is 10.8 Å². The minimum absolute atomic E-state index is 0.198. The third kappa shape index (κ3) is 4.57. The molecule has 0 fully saturated rings. The summed E-state index contributed by atoms with van der Waals surface area (Å²) in [4.78, 5) is 4.31. The van der Waals surface area contributed by atoms with E-state index in [2.05, 4.69) is 28.5 Å². The van der Waals surface area contributed by atoms with Gasteiger partial charge in [0.25, 0.3) is 0 Å². The lowest BCUT2D eigenvalue weighted by Gasteiger charge is -2.20. The molecule has 0 saturated heterocycles. The second-order valence-corrected chi connectivity index (χ2v) is 9.03. The van der Waals surface area contributed by atoms with E-state index in [4.69, 9.17) is 5.73 Å². The van der Waals surface area contributed by atoms with E-state index in [1.165, 1.54) is 24.0 Å². The second kappa shape index (κ2) is 7.27. The maximum atomic E-state index is 12.0. The van der Waals surface area contributed by atoms with Crippen LogP contribution >= 0.6 is 0 Å². The highest BCUT2D eigenvalue weighted by atomic mass is 32.2. The Bertz CT molecular complexity index is 576. The molecule has 22 heavy (non-hydrogen) atoms. The Morgan fingerprint density at radius 1 is 1.32 bits per heavy atom. The summed E-state index contributed by atoms with van der Waals surface area (Å²) in [5.41, 5.74) is 9.82. The van der Waals surface area contributed by atoms with Crippen molar-refractivity contribution in [3.63, 3.8) is 0 Å². The van der Waals surface area contributed by atoms with Crippen molar-refractivity contribution in [2.75, 3.05) is 17.6 Å². The van der Waals surface area contributed by atoms with E-state index in [1.54, 1.807) is 0 Å².